The summed E-state index contributed by atoms with van der Waals surface area (Å²) in [5.74, 6) is -2.06. The summed E-state index contributed by atoms with van der Waals surface area (Å²) in [6, 6.07) is 0. The van der Waals surface area contributed by atoms with E-state index in [-0.39, 0.29) is 18.6 Å². The van der Waals surface area contributed by atoms with E-state index in [1.807, 2.05) is 0 Å². The van der Waals surface area contributed by atoms with Crippen molar-refractivity contribution in [2.45, 2.75) is 44.5 Å². The van der Waals surface area contributed by atoms with Crippen LogP contribution in [0.2, 0.25) is 0 Å². The van der Waals surface area contributed by atoms with Gasteiger partial charge in [0.1, 0.15) is 5.78 Å². The second kappa shape index (κ2) is 7.64. The fourth-order valence-corrected chi connectivity index (χ4v) is 3.11. The smallest absolute Gasteiger partial charge is 0.306 e. The molecule has 1 saturated heterocycles. The van der Waals surface area contributed by atoms with Crippen molar-refractivity contribution in [1.82, 2.24) is 0 Å². The first-order valence-electron chi connectivity index (χ1n) is 7.49. The molecule has 0 aromatic carbocycles. The molecule has 0 spiro atoms. The van der Waals surface area contributed by atoms with Crippen molar-refractivity contribution in [2.24, 2.45) is 11.8 Å². The predicted octanol–water partition coefficient (Wildman–Crippen LogP) is 0.943. The van der Waals surface area contributed by atoms with Crippen molar-refractivity contribution in [3.05, 3.63) is 10.1 Å². The molecule has 2 rings (SSSR count). The van der Waals surface area contributed by atoms with Gasteiger partial charge in [-0.3, -0.25) is 19.7 Å². The molecule has 4 atom stereocenters. The number of ether oxygens (including phenoxy) is 3. The Morgan fingerprint density at radius 1 is 1.45 bits per heavy atom. The van der Waals surface area contributed by atoms with Crippen LogP contribution in [0.4, 0.5) is 0 Å². The number of methoxy groups -OCH3 is 1. The Morgan fingerprint density at radius 3 is 2.82 bits per heavy atom. The number of hydrogen-bond donors (Lipinski definition) is 0. The molecule has 22 heavy (non-hydrogen) atoms. The summed E-state index contributed by atoms with van der Waals surface area (Å²) in [6.07, 6.45) is 1.61. The first-order chi connectivity index (χ1) is 10.5. The van der Waals surface area contributed by atoms with Gasteiger partial charge in [0, 0.05) is 23.9 Å². The van der Waals surface area contributed by atoms with Crippen LogP contribution in [-0.4, -0.2) is 49.3 Å². The zero-order chi connectivity index (χ0) is 16.1. The van der Waals surface area contributed by atoms with Gasteiger partial charge in [0.05, 0.1) is 25.6 Å². The third kappa shape index (κ3) is 4.23. The maximum atomic E-state index is 12.1. The lowest BCUT2D eigenvalue weighted by molar-refractivity contribution is -0.492. The lowest BCUT2D eigenvalue weighted by Gasteiger charge is -2.28. The van der Waals surface area contributed by atoms with E-state index in [1.54, 1.807) is 0 Å². The van der Waals surface area contributed by atoms with Crippen molar-refractivity contribution >= 4 is 11.8 Å². The standard InChI is InChI=1S/C14H21NO7/c1-20-13(17)6-9-10(8-15(18)19)12(7-11(9)16)22-14-4-2-3-5-21-14/h9-10,12,14H,2-8H2,1H3/t9-,10-,12-,14?/m1/s1. The molecule has 8 nitrogen and oxygen atoms in total. The van der Waals surface area contributed by atoms with E-state index in [0.717, 1.165) is 19.3 Å². The third-order valence-corrected chi connectivity index (χ3v) is 4.25. The highest BCUT2D eigenvalue weighted by atomic mass is 16.7. The lowest BCUT2D eigenvalue weighted by atomic mass is 9.91. The fraction of sp³-hybridized carbons (Fsp3) is 0.857. The van der Waals surface area contributed by atoms with E-state index < -0.39 is 41.7 Å². The van der Waals surface area contributed by atoms with Crippen LogP contribution in [0.5, 0.6) is 0 Å². The Balaban J connectivity index is 2.05. The molecule has 0 N–H and O–H groups in total. The van der Waals surface area contributed by atoms with Crippen LogP contribution in [0.25, 0.3) is 0 Å². The number of hydrogen-bond acceptors (Lipinski definition) is 7. The monoisotopic (exact) mass is 315 g/mol. The van der Waals surface area contributed by atoms with Crippen LogP contribution in [0.1, 0.15) is 32.1 Å². The molecular weight excluding hydrogens is 294 g/mol. The lowest BCUT2D eigenvalue weighted by Crippen LogP contribution is -2.35. The van der Waals surface area contributed by atoms with Crippen molar-refractivity contribution in [2.75, 3.05) is 20.3 Å². The van der Waals surface area contributed by atoms with Crippen LogP contribution < -0.4 is 0 Å². The van der Waals surface area contributed by atoms with Crippen LogP contribution in [-0.2, 0) is 23.8 Å². The van der Waals surface area contributed by atoms with E-state index >= 15 is 0 Å². The van der Waals surface area contributed by atoms with E-state index in [0.29, 0.717) is 6.61 Å². The first kappa shape index (κ1) is 16.8. The SMILES string of the molecule is COC(=O)C[C@H]1C(=O)C[C@@H](OC2CCCCO2)[C@@H]1C[N+](=O)[O-]. The maximum absolute atomic E-state index is 12.1. The zero-order valence-corrected chi connectivity index (χ0v) is 12.6. The minimum absolute atomic E-state index is 0.0834. The molecule has 1 aliphatic carbocycles. The summed E-state index contributed by atoms with van der Waals surface area (Å²) >= 11 is 0. The van der Waals surface area contributed by atoms with E-state index in [9.17, 15) is 19.7 Å². The number of Topliss-reactive ketones (excluding diaryl/α,β-unsaturated/α-hetero) is 1. The van der Waals surface area contributed by atoms with E-state index in [4.69, 9.17) is 9.47 Å². The van der Waals surface area contributed by atoms with Gasteiger partial charge in [-0.2, -0.15) is 0 Å². The number of nitrogens with zero attached hydrogens (tertiary/aromatic N) is 1. The van der Waals surface area contributed by atoms with Gasteiger partial charge in [-0.05, 0) is 19.3 Å². The maximum Gasteiger partial charge on any atom is 0.306 e. The Kier molecular flexibility index (Phi) is 5.84. The van der Waals surface area contributed by atoms with Crippen LogP contribution in [0.3, 0.4) is 0 Å². The predicted molar refractivity (Wildman–Crippen MR) is 73.6 cm³/mol. The second-order valence-corrected chi connectivity index (χ2v) is 5.71. The summed E-state index contributed by atoms with van der Waals surface area (Å²) in [5, 5.41) is 10.9. The number of esters is 1. The minimum Gasteiger partial charge on any atom is -0.469 e. The largest absolute Gasteiger partial charge is 0.469 e. The molecule has 1 unspecified atom stereocenters. The van der Waals surface area contributed by atoms with Gasteiger partial charge in [-0.15, -0.1) is 0 Å². The first-order valence-corrected chi connectivity index (χ1v) is 7.49. The molecule has 8 heteroatoms. The van der Waals surface area contributed by atoms with Gasteiger partial charge in [0.25, 0.3) is 0 Å². The van der Waals surface area contributed by atoms with Gasteiger partial charge in [0.15, 0.2) is 6.29 Å². The molecule has 1 heterocycles. The van der Waals surface area contributed by atoms with Gasteiger partial charge in [-0.25, -0.2) is 0 Å². The van der Waals surface area contributed by atoms with Gasteiger partial charge < -0.3 is 14.2 Å². The van der Waals surface area contributed by atoms with Crippen molar-refractivity contribution in [3.63, 3.8) is 0 Å². The topological polar surface area (TPSA) is 105 Å². The molecular formula is C14H21NO7. The van der Waals surface area contributed by atoms with E-state index in [1.165, 1.54) is 7.11 Å². The van der Waals surface area contributed by atoms with Crippen LogP contribution in [0.15, 0.2) is 0 Å². The average molecular weight is 315 g/mol. The summed E-state index contributed by atoms with van der Waals surface area (Å²) < 4.78 is 15.8. The molecule has 0 aromatic rings. The van der Waals surface area contributed by atoms with E-state index in [2.05, 4.69) is 4.74 Å². The average Bonchev–Trinajstić information content (AvgIpc) is 2.76. The molecule has 1 aliphatic heterocycles. The molecule has 124 valence electrons. The van der Waals surface area contributed by atoms with Gasteiger partial charge in [0.2, 0.25) is 6.54 Å². The third-order valence-electron chi connectivity index (χ3n) is 4.25. The molecule has 1 saturated carbocycles. The van der Waals surface area contributed by atoms with Crippen molar-refractivity contribution in [3.8, 4) is 0 Å². The molecule has 0 radical (unpaired) electrons. The Hall–Kier alpha value is -1.54. The van der Waals surface area contributed by atoms with Crippen molar-refractivity contribution in [1.29, 1.82) is 0 Å². The number of carbonyl (C=O) groups is 2. The van der Waals surface area contributed by atoms with Crippen LogP contribution >= 0.6 is 0 Å². The Labute approximate surface area is 128 Å². The van der Waals surface area contributed by atoms with Gasteiger partial charge in [-0.1, -0.05) is 0 Å². The number of carbonyl (C=O) groups excluding carboxylic acids is 2. The highest BCUT2D eigenvalue weighted by molar-refractivity contribution is 5.88. The molecule has 0 bridgehead atoms. The Morgan fingerprint density at radius 2 is 2.23 bits per heavy atom. The minimum atomic E-state index is -0.716. The summed E-state index contributed by atoms with van der Waals surface area (Å²) in [4.78, 5) is 34.0. The Bertz CT molecular complexity index is 433. The summed E-state index contributed by atoms with van der Waals surface area (Å²) in [7, 11) is 1.23. The number of ketones is 1. The van der Waals surface area contributed by atoms with Crippen LogP contribution in [0, 0.1) is 22.0 Å². The highest BCUT2D eigenvalue weighted by Gasteiger charge is 2.47. The quantitative estimate of drug-likeness (QED) is 0.408. The molecule has 2 fully saturated rings. The zero-order valence-electron chi connectivity index (χ0n) is 12.6. The molecule has 0 amide bonds. The molecule has 2 aliphatic rings. The summed E-state index contributed by atoms with van der Waals surface area (Å²) in [5.41, 5.74) is 0. The fourth-order valence-electron chi connectivity index (χ4n) is 3.11. The normalized spacial score (nSPS) is 32.0. The number of rotatable bonds is 6. The highest BCUT2D eigenvalue weighted by Crippen LogP contribution is 2.35. The summed E-state index contributed by atoms with van der Waals surface area (Å²) in [6.45, 7) is 0.196. The molecule has 0 aromatic heterocycles. The van der Waals surface area contributed by atoms with Crippen molar-refractivity contribution < 1.29 is 28.7 Å². The second-order valence-electron chi connectivity index (χ2n) is 5.71. The van der Waals surface area contributed by atoms with Gasteiger partial charge >= 0.3 is 5.97 Å². The number of nitro groups is 1.